The second-order valence-corrected chi connectivity index (χ2v) is 4.91. The molecule has 1 unspecified atom stereocenters. The summed E-state index contributed by atoms with van der Waals surface area (Å²) in [4.78, 5) is 24.8. The standard InChI is InChI=1S/C13H23NO4/c1-5-6-14(7-8-15)11(16)9-13(4,10(2)3)12(17)18/h5,10,15H,1,6-9H2,2-4H3,(H,17,18). The number of hydrogen-bond acceptors (Lipinski definition) is 3. The topological polar surface area (TPSA) is 77.8 Å². The summed E-state index contributed by atoms with van der Waals surface area (Å²) < 4.78 is 0. The van der Waals surface area contributed by atoms with E-state index in [9.17, 15) is 14.7 Å². The Balaban J connectivity index is 4.87. The van der Waals surface area contributed by atoms with Crippen molar-refractivity contribution in [2.45, 2.75) is 27.2 Å². The minimum atomic E-state index is -1.09. The minimum Gasteiger partial charge on any atom is -0.481 e. The summed E-state index contributed by atoms with van der Waals surface area (Å²) in [5.74, 6) is -1.41. The molecule has 1 atom stereocenters. The number of carbonyl (C=O) groups is 2. The van der Waals surface area contributed by atoms with E-state index in [1.165, 1.54) is 4.90 Å². The predicted octanol–water partition coefficient (Wildman–Crippen LogP) is 1.13. The van der Waals surface area contributed by atoms with E-state index >= 15 is 0 Å². The van der Waals surface area contributed by atoms with Gasteiger partial charge in [-0.25, -0.2) is 0 Å². The second kappa shape index (κ2) is 7.16. The quantitative estimate of drug-likeness (QED) is 0.639. The molecule has 18 heavy (non-hydrogen) atoms. The number of carbonyl (C=O) groups excluding carboxylic acids is 1. The Labute approximate surface area is 108 Å². The van der Waals surface area contributed by atoms with E-state index in [1.54, 1.807) is 26.8 Å². The average Bonchev–Trinajstić information content (AvgIpc) is 2.27. The van der Waals surface area contributed by atoms with Gasteiger partial charge in [0, 0.05) is 19.5 Å². The average molecular weight is 257 g/mol. The third kappa shape index (κ3) is 4.14. The van der Waals surface area contributed by atoms with Gasteiger partial charge in [0.25, 0.3) is 0 Å². The van der Waals surface area contributed by atoms with Gasteiger partial charge in [0.1, 0.15) is 0 Å². The molecule has 2 N–H and O–H groups in total. The summed E-state index contributed by atoms with van der Waals surface area (Å²) in [5.41, 5.74) is -1.09. The lowest BCUT2D eigenvalue weighted by molar-refractivity contribution is -0.155. The van der Waals surface area contributed by atoms with Crippen LogP contribution in [-0.4, -0.2) is 46.7 Å². The lowest BCUT2D eigenvalue weighted by Crippen LogP contribution is -2.42. The fourth-order valence-corrected chi connectivity index (χ4v) is 1.55. The third-order valence-electron chi connectivity index (χ3n) is 3.35. The van der Waals surface area contributed by atoms with Crippen LogP contribution in [0, 0.1) is 11.3 Å². The number of carboxylic acids is 1. The van der Waals surface area contributed by atoms with E-state index in [0.717, 1.165) is 0 Å². The molecule has 0 aromatic heterocycles. The molecule has 0 radical (unpaired) electrons. The highest BCUT2D eigenvalue weighted by Gasteiger charge is 2.39. The highest BCUT2D eigenvalue weighted by molar-refractivity contribution is 5.85. The Morgan fingerprint density at radius 3 is 2.33 bits per heavy atom. The lowest BCUT2D eigenvalue weighted by atomic mass is 9.76. The number of rotatable bonds is 8. The molecule has 0 aromatic carbocycles. The van der Waals surface area contributed by atoms with Gasteiger partial charge >= 0.3 is 5.97 Å². The summed E-state index contributed by atoms with van der Waals surface area (Å²) in [6.45, 7) is 9.04. The smallest absolute Gasteiger partial charge is 0.310 e. The van der Waals surface area contributed by atoms with E-state index in [4.69, 9.17) is 5.11 Å². The first-order valence-corrected chi connectivity index (χ1v) is 6.02. The molecule has 0 aliphatic rings. The van der Waals surface area contributed by atoms with Crippen LogP contribution in [0.15, 0.2) is 12.7 Å². The Bertz CT molecular complexity index is 314. The summed E-state index contributed by atoms with van der Waals surface area (Å²) in [7, 11) is 0. The van der Waals surface area contributed by atoms with Crippen LogP contribution < -0.4 is 0 Å². The van der Waals surface area contributed by atoms with Gasteiger partial charge in [0.05, 0.1) is 12.0 Å². The predicted molar refractivity (Wildman–Crippen MR) is 69.1 cm³/mol. The third-order valence-corrected chi connectivity index (χ3v) is 3.35. The van der Waals surface area contributed by atoms with E-state index in [-0.39, 0.29) is 31.4 Å². The molecule has 0 aliphatic carbocycles. The van der Waals surface area contributed by atoms with Crippen LogP contribution in [0.3, 0.4) is 0 Å². The van der Waals surface area contributed by atoms with Gasteiger partial charge in [-0.05, 0) is 12.8 Å². The van der Waals surface area contributed by atoms with Crippen molar-refractivity contribution >= 4 is 11.9 Å². The molecular weight excluding hydrogens is 234 g/mol. The molecule has 0 heterocycles. The molecule has 1 amide bonds. The van der Waals surface area contributed by atoms with Crippen LogP contribution in [0.2, 0.25) is 0 Å². The van der Waals surface area contributed by atoms with E-state index in [1.807, 2.05) is 0 Å². The van der Waals surface area contributed by atoms with Gasteiger partial charge in [-0.2, -0.15) is 0 Å². The fourth-order valence-electron chi connectivity index (χ4n) is 1.55. The SMILES string of the molecule is C=CCN(CCO)C(=O)CC(C)(C(=O)O)C(C)C. The lowest BCUT2D eigenvalue weighted by Gasteiger charge is -2.31. The molecule has 0 saturated carbocycles. The molecule has 0 bridgehead atoms. The van der Waals surface area contributed by atoms with Crippen molar-refractivity contribution in [3.05, 3.63) is 12.7 Å². The Kier molecular flexibility index (Phi) is 6.62. The molecule has 0 saturated heterocycles. The summed E-state index contributed by atoms with van der Waals surface area (Å²) >= 11 is 0. The molecule has 5 nitrogen and oxygen atoms in total. The van der Waals surface area contributed by atoms with Gasteiger partial charge < -0.3 is 15.1 Å². The number of aliphatic hydroxyl groups excluding tert-OH is 1. The van der Waals surface area contributed by atoms with Crippen molar-refractivity contribution in [2.24, 2.45) is 11.3 Å². The second-order valence-electron chi connectivity index (χ2n) is 4.91. The van der Waals surface area contributed by atoms with Gasteiger partial charge in [-0.1, -0.05) is 19.9 Å². The number of nitrogens with zero attached hydrogens (tertiary/aromatic N) is 1. The molecular formula is C13H23NO4. The van der Waals surface area contributed by atoms with Crippen molar-refractivity contribution in [1.82, 2.24) is 4.90 Å². The molecule has 0 fully saturated rings. The maximum absolute atomic E-state index is 12.1. The zero-order valence-electron chi connectivity index (χ0n) is 11.3. The maximum Gasteiger partial charge on any atom is 0.310 e. The zero-order chi connectivity index (χ0) is 14.3. The minimum absolute atomic E-state index is 0.0756. The molecule has 0 rings (SSSR count). The molecule has 0 aromatic rings. The van der Waals surface area contributed by atoms with Crippen LogP contribution in [0.25, 0.3) is 0 Å². The first-order chi connectivity index (χ1) is 8.29. The molecule has 0 aliphatic heterocycles. The summed E-state index contributed by atoms with van der Waals surface area (Å²) in [6.07, 6.45) is 1.48. The summed E-state index contributed by atoms with van der Waals surface area (Å²) in [6, 6.07) is 0. The van der Waals surface area contributed by atoms with Crippen LogP contribution >= 0.6 is 0 Å². The number of aliphatic carboxylic acids is 1. The first-order valence-electron chi connectivity index (χ1n) is 6.02. The Morgan fingerprint density at radius 1 is 1.44 bits per heavy atom. The van der Waals surface area contributed by atoms with Crippen molar-refractivity contribution in [1.29, 1.82) is 0 Å². The van der Waals surface area contributed by atoms with Crippen LogP contribution in [0.5, 0.6) is 0 Å². The van der Waals surface area contributed by atoms with Gasteiger partial charge in [0.15, 0.2) is 0 Å². The normalized spacial score (nSPS) is 14.1. The number of amides is 1. The van der Waals surface area contributed by atoms with Crippen LogP contribution in [0.1, 0.15) is 27.2 Å². The zero-order valence-corrected chi connectivity index (χ0v) is 11.3. The largest absolute Gasteiger partial charge is 0.481 e. The van der Waals surface area contributed by atoms with Crippen LogP contribution in [-0.2, 0) is 9.59 Å². The highest BCUT2D eigenvalue weighted by atomic mass is 16.4. The number of carboxylic acid groups (broad SMARTS) is 1. The van der Waals surface area contributed by atoms with E-state index in [0.29, 0.717) is 6.54 Å². The van der Waals surface area contributed by atoms with Crippen molar-refractivity contribution < 1.29 is 19.8 Å². The van der Waals surface area contributed by atoms with E-state index in [2.05, 4.69) is 6.58 Å². The van der Waals surface area contributed by atoms with Gasteiger partial charge in [0.2, 0.25) is 5.91 Å². The van der Waals surface area contributed by atoms with Crippen molar-refractivity contribution in [2.75, 3.05) is 19.7 Å². The van der Waals surface area contributed by atoms with Gasteiger partial charge in [-0.3, -0.25) is 9.59 Å². The number of hydrogen-bond donors (Lipinski definition) is 2. The van der Waals surface area contributed by atoms with Gasteiger partial charge in [-0.15, -0.1) is 6.58 Å². The first kappa shape index (κ1) is 16.6. The summed E-state index contributed by atoms with van der Waals surface area (Å²) in [5, 5.41) is 18.1. The maximum atomic E-state index is 12.1. The van der Waals surface area contributed by atoms with Crippen LogP contribution in [0.4, 0.5) is 0 Å². The fraction of sp³-hybridized carbons (Fsp3) is 0.692. The monoisotopic (exact) mass is 257 g/mol. The highest BCUT2D eigenvalue weighted by Crippen LogP contribution is 2.32. The Morgan fingerprint density at radius 2 is 2.00 bits per heavy atom. The van der Waals surface area contributed by atoms with Crippen molar-refractivity contribution in [3.8, 4) is 0 Å². The van der Waals surface area contributed by atoms with E-state index < -0.39 is 11.4 Å². The number of aliphatic hydroxyl groups is 1. The Hall–Kier alpha value is -1.36. The van der Waals surface area contributed by atoms with Crippen molar-refractivity contribution in [3.63, 3.8) is 0 Å². The molecule has 104 valence electrons. The molecule has 5 heteroatoms. The molecule has 0 spiro atoms.